The van der Waals surface area contributed by atoms with Gasteiger partial charge in [-0.05, 0) is 54.1 Å². The van der Waals surface area contributed by atoms with Crippen molar-refractivity contribution in [3.8, 4) is 5.75 Å². The van der Waals surface area contributed by atoms with Gasteiger partial charge in [-0.2, -0.15) is 0 Å². The second-order valence-corrected chi connectivity index (χ2v) is 9.23. The van der Waals surface area contributed by atoms with E-state index in [0.29, 0.717) is 21.9 Å². The Balaban J connectivity index is 1.59. The van der Waals surface area contributed by atoms with E-state index in [0.717, 1.165) is 28.1 Å². The van der Waals surface area contributed by atoms with Crippen LogP contribution in [0.15, 0.2) is 63.9 Å². The van der Waals surface area contributed by atoms with Crippen molar-refractivity contribution in [2.45, 2.75) is 25.5 Å². The van der Waals surface area contributed by atoms with Gasteiger partial charge in [0.25, 0.3) is 5.56 Å². The van der Waals surface area contributed by atoms with E-state index in [-0.39, 0.29) is 17.2 Å². The Morgan fingerprint density at radius 3 is 2.53 bits per heavy atom. The summed E-state index contributed by atoms with van der Waals surface area (Å²) in [5.74, 6) is 0.770. The number of para-hydroxylation sites is 1. The monoisotopic (exact) mass is 465 g/mol. The molecule has 0 fully saturated rings. The number of thiophene rings is 1. The average Bonchev–Trinajstić information content (AvgIpc) is 3.26. The summed E-state index contributed by atoms with van der Waals surface area (Å²) in [7, 11) is 1.62. The van der Waals surface area contributed by atoms with E-state index in [9.17, 15) is 9.59 Å². The number of methoxy groups -OCH3 is 1. The van der Waals surface area contributed by atoms with Gasteiger partial charge in [0, 0.05) is 5.69 Å². The first-order valence-electron chi connectivity index (χ1n) is 10.1. The molecule has 1 amide bonds. The summed E-state index contributed by atoms with van der Waals surface area (Å²) in [6.07, 6.45) is 0. The maximum atomic E-state index is 13.2. The number of amides is 1. The van der Waals surface area contributed by atoms with Crippen molar-refractivity contribution in [2.24, 2.45) is 0 Å². The Bertz CT molecular complexity index is 1310. The van der Waals surface area contributed by atoms with Crippen molar-refractivity contribution < 1.29 is 9.53 Å². The van der Waals surface area contributed by atoms with E-state index in [1.54, 1.807) is 11.7 Å². The largest absolute Gasteiger partial charge is 0.497 e. The molecule has 6 nitrogen and oxygen atoms in total. The van der Waals surface area contributed by atoms with Crippen LogP contribution in [0.4, 0.5) is 5.69 Å². The van der Waals surface area contributed by atoms with Crippen LogP contribution in [0, 0.1) is 13.8 Å². The quantitative estimate of drug-likeness (QED) is 0.312. The van der Waals surface area contributed by atoms with Gasteiger partial charge in [-0.15, -0.1) is 11.3 Å². The molecule has 0 bridgehead atoms. The minimum Gasteiger partial charge on any atom is -0.497 e. The van der Waals surface area contributed by atoms with E-state index in [4.69, 9.17) is 4.74 Å². The molecule has 0 spiro atoms. The van der Waals surface area contributed by atoms with Crippen molar-refractivity contribution in [1.82, 2.24) is 9.55 Å². The number of aromatic nitrogens is 2. The lowest BCUT2D eigenvalue weighted by Crippen LogP contribution is -2.24. The van der Waals surface area contributed by atoms with Gasteiger partial charge in [-0.1, -0.05) is 42.1 Å². The lowest BCUT2D eigenvalue weighted by molar-refractivity contribution is -0.113. The lowest BCUT2D eigenvalue weighted by Gasteiger charge is -2.14. The Hall–Kier alpha value is -3.10. The zero-order valence-corrected chi connectivity index (χ0v) is 19.7. The number of ether oxygens (including phenoxy) is 1. The van der Waals surface area contributed by atoms with E-state index < -0.39 is 0 Å². The van der Waals surface area contributed by atoms with Gasteiger partial charge in [0.15, 0.2) is 5.16 Å². The number of thioether (sulfide) groups is 1. The maximum absolute atomic E-state index is 13.2. The highest BCUT2D eigenvalue weighted by atomic mass is 32.2. The molecular weight excluding hydrogens is 442 g/mol. The highest BCUT2D eigenvalue weighted by Gasteiger charge is 2.15. The summed E-state index contributed by atoms with van der Waals surface area (Å²) >= 11 is 2.64. The second-order valence-electron chi connectivity index (χ2n) is 7.37. The van der Waals surface area contributed by atoms with Gasteiger partial charge < -0.3 is 10.1 Å². The third-order valence-corrected chi connectivity index (χ3v) is 6.98. The summed E-state index contributed by atoms with van der Waals surface area (Å²) < 4.78 is 7.47. The van der Waals surface area contributed by atoms with Crippen LogP contribution in [0.3, 0.4) is 0 Å². The van der Waals surface area contributed by atoms with Crippen LogP contribution in [0.2, 0.25) is 0 Å². The number of carbonyl (C=O) groups is 1. The van der Waals surface area contributed by atoms with Crippen molar-refractivity contribution >= 4 is 44.9 Å². The maximum Gasteiger partial charge on any atom is 0.272 e. The highest BCUT2D eigenvalue weighted by Crippen LogP contribution is 2.24. The minimum atomic E-state index is -0.136. The first kappa shape index (κ1) is 22.1. The zero-order valence-electron chi connectivity index (χ0n) is 18.0. The van der Waals surface area contributed by atoms with Crippen LogP contribution in [-0.4, -0.2) is 28.3 Å². The van der Waals surface area contributed by atoms with Gasteiger partial charge in [0.1, 0.15) is 10.4 Å². The topological polar surface area (TPSA) is 73.2 Å². The Morgan fingerprint density at radius 2 is 1.84 bits per heavy atom. The molecule has 2 aromatic heterocycles. The van der Waals surface area contributed by atoms with Crippen molar-refractivity contribution in [1.29, 1.82) is 0 Å². The highest BCUT2D eigenvalue weighted by molar-refractivity contribution is 7.99. The van der Waals surface area contributed by atoms with Crippen LogP contribution in [0.5, 0.6) is 5.75 Å². The van der Waals surface area contributed by atoms with Crippen LogP contribution in [0.25, 0.3) is 10.2 Å². The van der Waals surface area contributed by atoms with E-state index >= 15 is 0 Å². The number of nitrogens with zero attached hydrogens (tertiary/aromatic N) is 2. The second kappa shape index (κ2) is 9.58. The molecule has 32 heavy (non-hydrogen) atoms. The Labute approximate surface area is 194 Å². The standard InChI is InChI=1S/C24H23N3O3S2/c1-15-5-4-6-16(2)21(15)26-20(28)14-32-24-25-19-11-12-31-22(19)23(29)27(24)13-17-7-9-18(30-3)10-8-17/h4-12H,13-14H2,1-3H3,(H,26,28). The number of hydrogen-bond acceptors (Lipinski definition) is 6. The predicted molar refractivity (Wildman–Crippen MR) is 131 cm³/mol. The summed E-state index contributed by atoms with van der Waals surface area (Å²) in [5.41, 5.74) is 4.36. The Morgan fingerprint density at radius 1 is 1.12 bits per heavy atom. The van der Waals surface area contributed by atoms with E-state index in [1.165, 1.54) is 23.1 Å². The number of aryl methyl sites for hydroxylation is 2. The normalized spacial score (nSPS) is 11.0. The van der Waals surface area contributed by atoms with Crippen LogP contribution in [-0.2, 0) is 11.3 Å². The van der Waals surface area contributed by atoms with Gasteiger partial charge in [-0.3, -0.25) is 14.2 Å². The molecule has 0 radical (unpaired) electrons. The molecule has 0 aliphatic carbocycles. The van der Waals surface area contributed by atoms with Crippen molar-refractivity contribution in [3.05, 3.63) is 81.0 Å². The SMILES string of the molecule is COc1ccc(Cn2c(SCC(=O)Nc3c(C)cccc3C)nc3ccsc3c2=O)cc1. The van der Waals surface area contributed by atoms with Gasteiger partial charge in [0.2, 0.25) is 5.91 Å². The molecule has 8 heteroatoms. The molecule has 2 heterocycles. The number of anilines is 1. The van der Waals surface area contributed by atoms with Gasteiger partial charge >= 0.3 is 0 Å². The van der Waals surface area contributed by atoms with Crippen molar-refractivity contribution in [3.63, 3.8) is 0 Å². The summed E-state index contributed by atoms with van der Waals surface area (Å²) in [5, 5.41) is 5.37. The predicted octanol–water partition coefficient (Wildman–Crippen LogP) is 4.86. The molecule has 0 unspecified atom stereocenters. The molecule has 0 saturated carbocycles. The Kier molecular flexibility index (Phi) is 6.62. The third kappa shape index (κ3) is 4.71. The number of benzene rings is 2. The molecule has 0 aliphatic rings. The number of carbonyl (C=O) groups excluding carboxylic acids is 1. The molecular formula is C24H23N3O3S2. The molecule has 0 saturated heterocycles. The first-order chi connectivity index (χ1) is 15.5. The number of nitrogens with one attached hydrogen (secondary N) is 1. The fraction of sp³-hybridized carbons (Fsp3) is 0.208. The number of rotatable bonds is 7. The first-order valence-corrected chi connectivity index (χ1v) is 11.9. The summed E-state index contributed by atoms with van der Waals surface area (Å²) in [6.45, 7) is 4.30. The minimum absolute atomic E-state index is 0.0986. The van der Waals surface area contributed by atoms with E-state index in [2.05, 4.69) is 10.3 Å². The van der Waals surface area contributed by atoms with Crippen LogP contribution < -0.4 is 15.6 Å². The van der Waals surface area contributed by atoms with E-state index in [1.807, 2.05) is 67.8 Å². The molecule has 2 aromatic carbocycles. The van der Waals surface area contributed by atoms with Crippen LogP contribution >= 0.6 is 23.1 Å². The summed E-state index contributed by atoms with van der Waals surface area (Å²) in [4.78, 5) is 30.5. The van der Waals surface area contributed by atoms with Gasteiger partial charge in [0.05, 0.1) is 24.9 Å². The molecule has 1 N–H and O–H groups in total. The zero-order chi connectivity index (χ0) is 22.7. The van der Waals surface area contributed by atoms with Gasteiger partial charge in [-0.25, -0.2) is 4.98 Å². The lowest BCUT2D eigenvalue weighted by atomic mass is 10.1. The molecule has 4 rings (SSSR count). The molecule has 0 aliphatic heterocycles. The molecule has 164 valence electrons. The fourth-order valence-electron chi connectivity index (χ4n) is 3.40. The molecule has 4 aromatic rings. The third-order valence-electron chi connectivity index (χ3n) is 5.11. The average molecular weight is 466 g/mol. The number of fused-ring (bicyclic) bond motifs is 1. The smallest absolute Gasteiger partial charge is 0.272 e. The van der Waals surface area contributed by atoms with Crippen molar-refractivity contribution in [2.75, 3.05) is 18.2 Å². The summed E-state index contributed by atoms with van der Waals surface area (Å²) in [6, 6.07) is 15.3. The fourth-order valence-corrected chi connectivity index (χ4v) is 4.98. The molecule has 0 atom stereocenters. The number of hydrogen-bond donors (Lipinski definition) is 1. The van der Waals surface area contributed by atoms with Crippen LogP contribution in [0.1, 0.15) is 16.7 Å².